The molecular formula is C43H78O12S. The molecule has 0 amide bonds. The lowest BCUT2D eigenvalue weighted by atomic mass is 10.00. The summed E-state index contributed by atoms with van der Waals surface area (Å²) in [5.41, 5.74) is 0. The molecule has 1 rings (SSSR count). The molecule has 6 atom stereocenters. The molecule has 1 saturated heterocycles. The van der Waals surface area contributed by atoms with E-state index < -0.39 is 71.2 Å². The van der Waals surface area contributed by atoms with Crippen molar-refractivity contribution in [3.05, 3.63) is 24.3 Å². The molecule has 0 aromatic heterocycles. The first-order valence-corrected chi connectivity index (χ1v) is 23.5. The number of hydrogen-bond acceptors (Lipinski definition) is 11. The number of unbranched alkanes of at least 4 members (excludes halogenated alkanes) is 20. The monoisotopic (exact) mass is 819 g/mol. The van der Waals surface area contributed by atoms with Crippen LogP contribution in [0.3, 0.4) is 0 Å². The van der Waals surface area contributed by atoms with E-state index in [1.807, 2.05) is 0 Å². The normalized spacial score (nSPS) is 20.9. The van der Waals surface area contributed by atoms with Gasteiger partial charge in [0.15, 0.2) is 12.4 Å². The molecule has 4 N–H and O–H groups in total. The second-order valence-corrected chi connectivity index (χ2v) is 16.9. The van der Waals surface area contributed by atoms with Gasteiger partial charge in [-0.2, -0.15) is 8.42 Å². The maximum absolute atomic E-state index is 12.8. The van der Waals surface area contributed by atoms with E-state index in [0.29, 0.717) is 12.8 Å². The van der Waals surface area contributed by atoms with Gasteiger partial charge in [0, 0.05) is 12.8 Å². The predicted octanol–water partition coefficient (Wildman–Crippen LogP) is 8.45. The fourth-order valence-electron chi connectivity index (χ4n) is 6.55. The second-order valence-electron chi connectivity index (χ2n) is 15.4. The number of allylic oxidation sites excluding steroid dienone is 4. The zero-order chi connectivity index (χ0) is 41.3. The fourth-order valence-corrected chi connectivity index (χ4v) is 7.24. The third kappa shape index (κ3) is 28.5. The molecule has 0 bridgehead atoms. The maximum atomic E-state index is 12.8. The summed E-state index contributed by atoms with van der Waals surface area (Å²) in [6.07, 6.45) is 26.5. The van der Waals surface area contributed by atoms with E-state index in [1.54, 1.807) is 0 Å². The molecular weight excluding hydrogens is 741 g/mol. The zero-order valence-electron chi connectivity index (χ0n) is 34.7. The maximum Gasteiger partial charge on any atom is 0.306 e. The minimum absolute atomic E-state index is 0.153. The van der Waals surface area contributed by atoms with Crippen LogP contribution in [0.4, 0.5) is 0 Å². The molecule has 1 aliphatic heterocycles. The Morgan fingerprint density at radius 3 is 1.50 bits per heavy atom. The van der Waals surface area contributed by atoms with Crippen LogP contribution in [-0.4, -0.2) is 96.0 Å². The van der Waals surface area contributed by atoms with Gasteiger partial charge in [-0.05, 0) is 64.2 Å². The third-order valence-corrected chi connectivity index (χ3v) is 10.8. The Bertz CT molecular complexity index is 1140. The first kappa shape index (κ1) is 52.1. The van der Waals surface area contributed by atoms with Crippen molar-refractivity contribution in [2.45, 2.75) is 218 Å². The van der Waals surface area contributed by atoms with Gasteiger partial charge >= 0.3 is 11.9 Å². The SMILES string of the molecule is CCCCCCCC/C=C/CCCCCCCC(=O)O[C@H](COC(=O)CCCCC/C=C/CCCCCCCC)CO[C@H]1O[C@H](CS(=O)(=O)O)[C@@H](O)C(O)C1O. The van der Waals surface area contributed by atoms with Crippen LogP contribution in [0, 0.1) is 0 Å². The molecule has 0 aromatic carbocycles. The quantitative estimate of drug-likeness (QED) is 0.0205. The summed E-state index contributed by atoms with van der Waals surface area (Å²) in [5.74, 6) is -2.01. The van der Waals surface area contributed by atoms with E-state index in [9.17, 15) is 37.9 Å². The number of hydrogen-bond donors (Lipinski definition) is 4. The molecule has 56 heavy (non-hydrogen) atoms. The van der Waals surface area contributed by atoms with Gasteiger partial charge in [0.05, 0.1) is 6.61 Å². The molecule has 1 aliphatic rings. The predicted molar refractivity (Wildman–Crippen MR) is 220 cm³/mol. The Kier molecular flexibility index (Phi) is 31.7. The van der Waals surface area contributed by atoms with Crippen molar-refractivity contribution in [2.75, 3.05) is 19.0 Å². The highest BCUT2D eigenvalue weighted by molar-refractivity contribution is 7.85. The van der Waals surface area contributed by atoms with Crippen LogP contribution in [0.5, 0.6) is 0 Å². The minimum atomic E-state index is -4.60. The number of rotatable bonds is 36. The molecule has 13 heteroatoms. The topological polar surface area (TPSA) is 186 Å². The Morgan fingerprint density at radius 2 is 1.02 bits per heavy atom. The van der Waals surface area contributed by atoms with Crippen molar-refractivity contribution in [1.29, 1.82) is 0 Å². The van der Waals surface area contributed by atoms with Gasteiger partial charge in [-0.25, -0.2) is 0 Å². The first-order valence-electron chi connectivity index (χ1n) is 21.9. The summed E-state index contributed by atoms with van der Waals surface area (Å²) < 4.78 is 53.9. The lowest BCUT2D eigenvalue weighted by molar-refractivity contribution is -0.297. The van der Waals surface area contributed by atoms with Crippen LogP contribution in [-0.2, 0) is 38.7 Å². The second kappa shape index (κ2) is 34.0. The molecule has 328 valence electrons. The van der Waals surface area contributed by atoms with Gasteiger partial charge in [0.2, 0.25) is 0 Å². The van der Waals surface area contributed by atoms with E-state index >= 15 is 0 Å². The summed E-state index contributed by atoms with van der Waals surface area (Å²) >= 11 is 0. The third-order valence-electron chi connectivity index (χ3n) is 10.0. The lowest BCUT2D eigenvalue weighted by Gasteiger charge is -2.40. The van der Waals surface area contributed by atoms with E-state index in [0.717, 1.165) is 64.2 Å². The molecule has 0 aliphatic carbocycles. The van der Waals surface area contributed by atoms with Crippen LogP contribution in [0.15, 0.2) is 24.3 Å². The van der Waals surface area contributed by atoms with Crippen LogP contribution < -0.4 is 0 Å². The van der Waals surface area contributed by atoms with Crippen LogP contribution >= 0.6 is 0 Å². The highest BCUT2D eigenvalue weighted by Crippen LogP contribution is 2.24. The van der Waals surface area contributed by atoms with Gasteiger partial charge in [0.25, 0.3) is 10.1 Å². The van der Waals surface area contributed by atoms with E-state index in [4.69, 9.17) is 18.9 Å². The number of aliphatic hydroxyl groups is 3. The van der Waals surface area contributed by atoms with Gasteiger partial charge < -0.3 is 34.3 Å². The van der Waals surface area contributed by atoms with E-state index in [-0.39, 0.29) is 19.4 Å². The minimum Gasteiger partial charge on any atom is -0.462 e. The molecule has 2 unspecified atom stereocenters. The van der Waals surface area contributed by atoms with Crippen molar-refractivity contribution in [3.8, 4) is 0 Å². The number of aliphatic hydroxyl groups excluding tert-OH is 3. The van der Waals surface area contributed by atoms with Crippen molar-refractivity contribution in [1.82, 2.24) is 0 Å². The molecule has 0 radical (unpaired) electrons. The molecule has 0 saturated carbocycles. The lowest BCUT2D eigenvalue weighted by Crippen LogP contribution is -2.60. The van der Waals surface area contributed by atoms with Crippen LogP contribution in [0.25, 0.3) is 0 Å². The molecule has 1 heterocycles. The summed E-state index contributed by atoms with van der Waals surface area (Å²) in [7, 11) is -4.60. The number of esters is 2. The number of ether oxygens (including phenoxy) is 4. The molecule has 1 fully saturated rings. The highest BCUT2D eigenvalue weighted by atomic mass is 32.2. The van der Waals surface area contributed by atoms with E-state index in [2.05, 4.69) is 38.2 Å². The van der Waals surface area contributed by atoms with E-state index in [1.165, 1.54) is 77.0 Å². The number of carbonyl (C=O) groups is 2. The van der Waals surface area contributed by atoms with Gasteiger partial charge in [0.1, 0.15) is 36.8 Å². The van der Waals surface area contributed by atoms with Crippen LogP contribution in [0.1, 0.15) is 181 Å². The average molecular weight is 819 g/mol. The van der Waals surface area contributed by atoms with Gasteiger partial charge in [-0.1, -0.05) is 128 Å². The summed E-state index contributed by atoms with van der Waals surface area (Å²) in [4.78, 5) is 25.3. The van der Waals surface area contributed by atoms with Gasteiger partial charge in [-0.3, -0.25) is 14.1 Å². The summed E-state index contributed by atoms with van der Waals surface area (Å²) in [6.45, 7) is 3.72. The standard InChI is InChI=1S/C43H78O12S/c1-3-5-7-9-11-13-15-17-18-20-22-24-26-28-30-32-39(45)54-36(34-53-43-42(48)41(47)40(46)37(55-43)35-56(49,50)51)33-52-38(44)31-29-27-25-23-21-19-16-14-12-10-8-6-4-2/h17-19,21,36-37,40-43,46-48H,3-16,20,22-35H2,1-2H3,(H,49,50,51)/b18-17+,21-19+/t36-,37-,40-,41?,42?,43+/m1/s1. The number of carbonyl (C=O) groups excluding carboxylic acids is 2. The van der Waals surface area contributed by atoms with Crippen molar-refractivity contribution in [3.63, 3.8) is 0 Å². The van der Waals surface area contributed by atoms with Crippen molar-refractivity contribution in [2.24, 2.45) is 0 Å². The largest absolute Gasteiger partial charge is 0.462 e. The summed E-state index contributed by atoms with van der Waals surface area (Å²) in [6, 6.07) is 0. The Labute approximate surface area is 338 Å². The Hall–Kier alpha value is -1.87. The Morgan fingerprint density at radius 1 is 0.589 bits per heavy atom. The Balaban J connectivity index is 2.49. The molecule has 0 aromatic rings. The summed E-state index contributed by atoms with van der Waals surface area (Å²) in [5, 5.41) is 30.8. The average Bonchev–Trinajstić information content (AvgIpc) is 3.16. The van der Waals surface area contributed by atoms with Crippen molar-refractivity contribution >= 4 is 22.1 Å². The van der Waals surface area contributed by atoms with Crippen molar-refractivity contribution < 1.29 is 56.8 Å². The first-order chi connectivity index (χ1) is 27.0. The van der Waals surface area contributed by atoms with Crippen LogP contribution in [0.2, 0.25) is 0 Å². The van der Waals surface area contributed by atoms with Gasteiger partial charge in [-0.15, -0.1) is 0 Å². The molecule has 12 nitrogen and oxygen atoms in total. The smallest absolute Gasteiger partial charge is 0.306 e. The highest BCUT2D eigenvalue weighted by Gasteiger charge is 2.46. The molecule has 0 spiro atoms. The zero-order valence-corrected chi connectivity index (χ0v) is 35.6. The fraction of sp³-hybridized carbons (Fsp3) is 0.860.